The number of carbonyl (C=O) groups excluding carboxylic acids is 1. The maximum absolute atomic E-state index is 13.0. The van der Waals surface area contributed by atoms with Gasteiger partial charge in [0, 0.05) is 47.3 Å². The van der Waals surface area contributed by atoms with Crippen LogP contribution in [0, 0.1) is 5.41 Å². The zero-order valence-corrected chi connectivity index (χ0v) is 28.4. The summed E-state index contributed by atoms with van der Waals surface area (Å²) in [6.45, 7) is 7.28. The normalized spacial score (nSPS) is 18.6. The number of benzene rings is 3. The minimum absolute atomic E-state index is 0.316. The molecule has 1 aliphatic heterocycles. The van der Waals surface area contributed by atoms with Crippen molar-refractivity contribution in [1.29, 1.82) is 0 Å². The van der Waals surface area contributed by atoms with Crippen LogP contribution >= 0.6 is 0 Å². The Labute approximate surface area is 287 Å². The smallest absolute Gasteiger partial charge is 0.410 e. The Hall–Kier alpha value is -4.95. The first-order valence-electron chi connectivity index (χ1n) is 17.1. The molecule has 8 nitrogen and oxygen atoms in total. The monoisotopic (exact) mass is 657 g/mol. The van der Waals surface area contributed by atoms with Crippen LogP contribution in [0.5, 0.6) is 11.8 Å². The number of likely N-dealkylation sites (tertiary alicyclic amines) is 1. The van der Waals surface area contributed by atoms with Gasteiger partial charge in [-0.25, -0.2) is 4.79 Å². The van der Waals surface area contributed by atoms with Crippen molar-refractivity contribution < 1.29 is 24.1 Å². The molecule has 1 N–H and O–H groups in total. The van der Waals surface area contributed by atoms with E-state index in [4.69, 9.17) is 24.2 Å². The van der Waals surface area contributed by atoms with Crippen LogP contribution in [-0.2, 0) is 23.6 Å². The highest BCUT2D eigenvalue weighted by Gasteiger charge is 2.58. The Morgan fingerprint density at radius 1 is 0.857 bits per heavy atom. The van der Waals surface area contributed by atoms with E-state index in [1.165, 1.54) is 0 Å². The Bertz CT molecular complexity index is 1940. The quantitative estimate of drug-likeness (QED) is 0.179. The molecule has 2 aromatic heterocycles. The molecular weight excluding hydrogens is 614 g/mol. The summed E-state index contributed by atoms with van der Waals surface area (Å²) >= 11 is 0. The van der Waals surface area contributed by atoms with Crippen molar-refractivity contribution >= 4 is 17.0 Å². The van der Waals surface area contributed by atoms with E-state index in [2.05, 4.69) is 12.1 Å². The number of carbonyl (C=O) groups is 1. The van der Waals surface area contributed by atoms with Crippen molar-refractivity contribution in [1.82, 2.24) is 14.9 Å². The van der Waals surface area contributed by atoms with E-state index in [9.17, 15) is 9.90 Å². The molecule has 1 spiro atoms. The van der Waals surface area contributed by atoms with Crippen molar-refractivity contribution in [2.24, 2.45) is 5.41 Å². The van der Waals surface area contributed by atoms with E-state index < -0.39 is 16.6 Å². The number of aliphatic hydroxyl groups is 1. The lowest BCUT2D eigenvalue weighted by Gasteiger charge is -2.58. The van der Waals surface area contributed by atoms with Crippen LogP contribution in [0.4, 0.5) is 4.79 Å². The molecule has 8 heteroatoms. The average molecular weight is 658 g/mol. The second-order valence-electron chi connectivity index (χ2n) is 14.3. The van der Waals surface area contributed by atoms with Gasteiger partial charge in [-0.3, -0.25) is 4.98 Å². The molecule has 49 heavy (non-hydrogen) atoms. The van der Waals surface area contributed by atoms with E-state index in [1.54, 1.807) is 4.90 Å². The van der Waals surface area contributed by atoms with Crippen LogP contribution in [0.1, 0.15) is 63.1 Å². The van der Waals surface area contributed by atoms with Gasteiger partial charge in [0.1, 0.15) is 18.8 Å². The van der Waals surface area contributed by atoms with Gasteiger partial charge in [0.2, 0.25) is 11.8 Å². The number of pyridine rings is 2. The molecule has 1 saturated heterocycles. The number of rotatable bonds is 8. The summed E-state index contributed by atoms with van der Waals surface area (Å²) in [5, 5.41) is 13.3. The number of piperidine rings is 1. The Kier molecular flexibility index (Phi) is 8.75. The molecule has 2 aliphatic rings. The molecule has 3 heterocycles. The van der Waals surface area contributed by atoms with Crippen LogP contribution in [0.3, 0.4) is 0 Å². The summed E-state index contributed by atoms with van der Waals surface area (Å²) in [5.41, 5.74) is 3.34. The molecule has 7 rings (SSSR count). The topological polar surface area (TPSA) is 94.0 Å². The molecule has 1 aliphatic carbocycles. The largest absolute Gasteiger partial charge is 0.473 e. The van der Waals surface area contributed by atoms with Crippen LogP contribution < -0.4 is 9.47 Å². The lowest BCUT2D eigenvalue weighted by Crippen LogP contribution is -2.62. The molecule has 5 aromatic rings. The van der Waals surface area contributed by atoms with Gasteiger partial charge in [-0.05, 0) is 81.0 Å². The summed E-state index contributed by atoms with van der Waals surface area (Å²) < 4.78 is 18.1. The summed E-state index contributed by atoms with van der Waals surface area (Å²) in [6.07, 6.45) is 4.69. The molecule has 0 bridgehead atoms. The number of hydrogen-bond donors (Lipinski definition) is 1. The number of ether oxygens (including phenoxy) is 3. The molecule has 252 valence electrons. The van der Waals surface area contributed by atoms with Crippen LogP contribution in [0.2, 0.25) is 0 Å². The minimum Gasteiger partial charge on any atom is -0.473 e. The molecule has 1 atom stereocenters. The summed E-state index contributed by atoms with van der Waals surface area (Å²) in [5.74, 6) is 0.922. The zero-order chi connectivity index (χ0) is 34.1. The first-order chi connectivity index (χ1) is 23.6. The van der Waals surface area contributed by atoms with Crippen molar-refractivity contribution in [2.75, 3.05) is 13.1 Å². The SMILES string of the molecule is CC(C)(C)OC(=O)N1CCC(O)(c2ccc3ncc(-c4ccc(OCc5ccccc5)nc4OCc4ccccc4)cc3c2)C2(CCC2)C1. The van der Waals surface area contributed by atoms with Gasteiger partial charge in [-0.2, -0.15) is 4.98 Å². The Balaban J connectivity index is 1.18. The van der Waals surface area contributed by atoms with Crippen molar-refractivity contribution in [3.63, 3.8) is 0 Å². The second kappa shape index (κ2) is 13.2. The first kappa shape index (κ1) is 32.6. The molecule has 1 unspecified atom stereocenters. The first-order valence-corrected chi connectivity index (χ1v) is 17.1. The van der Waals surface area contributed by atoms with Gasteiger partial charge >= 0.3 is 6.09 Å². The van der Waals surface area contributed by atoms with Crippen LogP contribution in [0.25, 0.3) is 22.0 Å². The highest BCUT2D eigenvalue weighted by atomic mass is 16.6. The molecule has 1 saturated carbocycles. The number of aromatic nitrogens is 2. The fourth-order valence-electron chi connectivity index (χ4n) is 7.07. The van der Waals surface area contributed by atoms with Crippen LogP contribution in [0.15, 0.2) is 103 Å². The minimum atomic E-state index is -1.07. The molecule has 0 radical (unpaired) electrons. The third-order valence-electron chi connectivity index (χ3n) is 9.83. The maximum atomic E-state index is 13.0. The van der Waals surface area contributed by atoms with E-state index >= 15 is 0 Å². The fourth-order valence-corrected chi connectivity index (χ4v) is 7.07. The number of amides is 1. The van der Waals surface area contributed by atoms with E-state index in [0.717, 1.165) is 58.0 Å². The Morgan fingerprint density at radius 3 is 2.20 bits per heavy atom. The predicted molar refractivity (Wildman–Crippen MR) is 189 cm³/mol. The van der Waals surface area contributed by atoms with Gasteiger partial charge in [0.05, 0.1) is 11.1 Å². The molecule has 3 aromatic carbocycles. The molecule has 1 amide bonds. The van der Waals surface area contributed by atoms with Gasteiger partial charge in [-0.1, -0.05) is 73.2 Å². The standard InChI is InChI=1S/C41H43N3O5/c1-39(2,3)49-38(45)44-22-21-41(46,40(28-44)19-10-20-40)33-15-17-35-31(24-33)23-32(25-42-35)34-16-18-36(47-26-29-11-6-4-7-12-29)43-37(34)48-27-30-13-8-5-9-14-30/h4-9,11-18,23-25,46H,10,19-22,26-28H2,1-3H3. The number of nitrogens with zero attached hydrogens (tertiary/aromatic N) is 3. The van der Waals surface area contributed by atoms with E-state index in [-0.39, 0.29) is 6.09 Å². The van der Waals surface area contributed by atoms with E-state index in [0.29, 0.717) is 44.5 Å². The predicted octanol–water partition coefficient (Wildman–Crippen LogP) is 8.45. The highest BCUT2D eigenvalue weighted by molar-refractivity contribution is 5.85. The molecular formula is C41H43N3O5. The van der Waals surface area contributed by atoms with Gasteiger partial charge in [0.15, 0.2) is 0 Å². The van der Waals surface area contributed by atoms with E-state index in [1.807, 2.05) is 112 Å². The highest BCUT2D eigenvalue weighted by Crippen LogP contribution is 2.58. The van der Waals surface area contributed by atoms with Crippen molar-refractivity contribution in [3.8, 4) is 22.9 Å². The number of fused-ring (bicyclic) bond motifs is 1. The average Bonchev–Trinajstić information content (AvgIpc) is 3.09. The fraction of sp³-hybridized carbons (Fsp3) is 0.341. The second-order valence-corrected chi connectivity index (χ2v) is 14.3. The van der Waals surface area contributed by atoms with Crippen LogP contribution in [-0.4, -0.2) is 44.8 Å². The number of hydrogen-bond acceptors (Lipinski definition) is 7. The molecule has 2 fully saturated rings. The maximum Gasteiger partial charge on any atom is 0.410 e. The lowest BCUT2D eigenvalue weighted by molar-refractivity contribution is -0.176. The summed E-state index contributed by atoms with van der Waals surface area (Å²) in [7, 11) is 0. The van der Waals surface area contributed by atoms with Gasteiger partial charge in [-0.15, -0.1) is 0 Å². The van der Waals surface area contributed by atoms with Gasteiger partial charge < -0.3 is 24.2 Å². The zero-order valence-electron chi connectivity index (χ0n) is 28.4. The lowest BCUT2D eigenvalue weighted by atomic mass is 9.54. The third-order valence-corrected chi connectivity index (χ3v) is 9.83. The van der Waals surface area contributed by atoms with Crippen molar-refractivity contribution in [3.05, 3.63) is 120 Å². The summed E-state index contributed by atoms with van der Waals surface area (Å²) in [6, 6.07) is 31.9. The Morgan fingerprint density at radius 2 is 1.55 bits per heavy atom. The summed E-state index contributed by atoms with van der Waals surface area (Å²) in [4.78, 5) is 24.4. The van der Waals surface area contributed by atoms with Crippen molar-refractivity contribution in [2.45, 2.75) is 70.9 Å². The van der Waals surface area contributed by atoms with Gasteiger partial charge in [0.25, 0.3) is 0 Å². The third kappa shape index (κ3) is 6.83.